The smallest absolute Gasteiger partial charge is 0.464 e. The number of benzene rings is 1. The first-order valence-electron chi connectivity index (χ1n) is 9.85. The zero-order chi connectivity index (χ0) is 18.3. The van der Waals surface area contributed by atoms with Gasteiger partial charge in [0.1, 0.15) is 5.58 Å². The standard InChI is InChI=1S/C21H28BNO3/c1-12-6-5-7-15-13(11-24-19(12)15)8-18(23)22-25-17-10-14-9-16(20(14,2)3)21(17,4)26-22/h5-7,11,14,16-18H,8-10,23H2,1-4H3/t14-,16-,17+,18-,21-/m0/s1. The zero-order valence-electron chi connectivity index (χ0n) is 16.1. The van der Waals surface area contributed by atoms with Crippen molar-refractivity contribution in [3.63, 3.8) is 0 Å². The lowest BCUT2D eigenvalue weighted by Crippen LogP contribution is -2.65. The Hall–Kier alpha value is -1.30. The normalized spacial score (nSPS) is 36.0. The lowest BCUT2D eigenvalue weighted by atomic mass is 9.43. The Labute approximate surface area is 155 Å². The van der Waals surface area contributed by atoms with Crippen molar-refractivity contribution in [2.75, 3.05) is 0 Å². The van der Waals surface area contributed by atoms with Gasteiger partial charge in [-0.1, -0.05) is 32.0 Å². The third-order valence-electron chi connectivity index (χ3n) is 7.65. The van der Waals surface area contributed by atoms with E-state index < -0.39 is 0 Å². The molecule has 3 aliphatic carbocycles. The van der Waals surface area contributed by atoms with Crippen LogP contribution in [-0.2, 0) is 15.7 Å². The molecule has 1 saturated heterocycles. The quantitative estimate of drug-likeness (QED) is 0.851. The molecule has 5 atom stereocenters. The van der Waals surface area contributed by atoms with Crippen LogP contribution in [0, 0.1) is 24.2 Å². The third kappa shape index (κ3) is 2.14. The van der Waals surface area contributed by atoms with E-state index in [2.05, 4.69) is 45.9 Å². The van der Waals surface area contributed by atoms with Gasteiger partial charge in [0.15, 0.2) is 0 Å². The molecule has 2 N–H and O–H groups in total. The van der Waals surface area contributed by atoms with Crippen LogP contribution >= 0.6 is 0 Å². The molecule has 2 aromatic rings. The van der Waals surface area contributed by atoms with Gasteiger partial charge >= 0.3 is 7.12 Å². The second-order valence-electron chi connectivity index (χ2n) is 9.42. The van der Waals surface area contributed by atoms with Crippen LogP contribution in [0.5, 0.6) is 0 Å². The summed E-state index contributed by atoms with van der Waals surface area (Å²) in [6.07, 6.45) is 5.06. The van der Waals surface area contributed by atoms with Crippen LogP contribution in [0.4, 0.5) is 0 Å². The monoisotopic (exact) mass is 353 g/mol. The summed E-state index contributed by atoms with van der Waals surface area (Å²) < 4.78 is 18.6. The van der Waals surface area contributed by atoms with Crippen LogP contribution in [-0.4, -0.2) is 24.8 Å². The summed E-state index contributed by atoms with van der Waals surface area (Å²) in [7, 11) is -0.338. The molecule has 4 nitrogen and oxygen atoms in total. The maximum atomic E-state index is 6.55. The summed E-state index contributed by atoms with van der Waals surface area (Å²) in [5, 5.41) is 1.14. The van der Waals surface area contributed by atoms with Crippen LogP contribution < -0.4 is 5.73 Å². The summed E-state index contributed by atoms with van der Waals surface area (Å²) in [6.45, 7) is 9.06. The molecule has 4 aliphatic rings. The molecule has 2 heterocycles. The van der Waals surface area contributed by atoms with Crippen LogP contribution in [0.25, 0.3) is 11.0 Å². The largest absolute Gasteiger partial charge is 0.475 e. The highest BCUT2D eigenvalue weighted by atomic mass is 16.7. The highest BCUT2D eigenvalue weighted by Crippen LogP contribution is 2.65. The van der Waals surface area contributed by atoms with Gasteiger partial charge in [0, 0.05) is 11.3 Å². The minimum Gasteiger partial charge on any atom is -0.464 e. The molecule has 0 radical (unpaired) electrons. The highest BCUT2D eigenvalue weighted by molar-refractivity contribution is 6.47. The van der Waals surface area contributed by atoms with E-state index in [0.29, 0.717) is 17.8 Å². The Morgan fingerprint density at radius 1 is 1.27 bits per heavy atom. The molecule has 1 aliphatic heterocycles. The van der Waals surface area contributed by atoms with Gasteiger partial charge in [0.2, 0.25) is 0 Å². The molecule has 0 amide bonds. The molecule has 138 valence electrons. The Kier molecular flexibility index (Phi) is 3.48. The number of hydrogen-bond acceptors (Lipinski definition) is 4. The van der Waals surface area contributed by atoms with E-state index in [-0.39, 0.29) is 24.8 Å². The second kappa shape index (κ2) is 5.37. The molecule has 0 unspecified atom stereocenters. The van der Waals surface area contributed by atoms with Gasteiger partial charge < -0.3 is 19.5 Å². The molecule has 3 saturated carbocycles. The van der Waals surface area contributed by atoms with Gasteiger partial charge in [0.25, 0.3) is 0 Å². The number of para-hydroxylation sites is 1. The minimum absolute atomic E-state index is 0.179. The van der Waals surface area contributed by atoms with Crippen molar-refractivity contribution in [3.8, 4) is 0 Å². The van der Waals surface area contributed by atoms with Crippen molar-refractivity contribution in [1.82, 2.24) is 0 Å². The summed E-state index contributed by atoms with van der Waals surface area (Å²) in [4.78, 5) is 0. The van der Waals surface area contributed by atoms with E-state index >= 15 is 0 Å². The first-order chi connectivity index (χ1) is 12.3. The van der Waals surface area contributed by atoms with E-state index in [4.69, 9.17) is 19.5 Å². The topological polar surface area (TPSA) is 57.6 Å². The summed E-state index contributed by atoms with van der Waals surface area (Å²) in [5.74, 6) is 1.12. The molecule has 2 bridgehead atoms. The number of fused-ring (bicyclic) bond motifs is 1. The van der Waals surface area contributed by atoms with E-state index in [1.54, 1.807) is 0 Å². The molecule has 4 fully saturated rings. The fourth-order valence-corrected chi connectivity index (χ4v) is 5.85. The van der Waals surface area contributed by atoms with Crippen molar-refractivity contribution in [2.24, 2.45) is 23.0 Å². The molecule has 0 spiro atoms. The van der Waals surface area contributed by atoms with Gasteiger partial charge in [-0.3, -0.25) is 0 Å². The fraction of sp³-hybridized carbons (Fsp3) is 0.619. The van der Waals surface area contributed by atoms with Crippen molar-refractivity contribution in [3.05, 3.63) is 35.6 Å². The second-order valence-corrected chi connectivity index (χ2v) is 9.42. The van der Waals surface area contributed by atoms with Crippen molar-refractivity contribution >= 4 is 18.1 Å². The van der Waals surface area contributed by atoms with E-state index in [0.717, 1.165) is 34.4 Å². The first kappa shape index (κ1) is 16.8. The van der Waals surface area contributed by atoms with Gasteiger partial charge in [-0.15, -0.1) is 0 Å². The fourth-order valence-electron chi connectivity index (χ4n) is 5.85. The van der Waals surface area contributed by atoms with Crippen molar-refractivity contribution in [1.29, 1.82) is 0 Å². The average Bonchev–Trinajstić information content (AvgIpc) is 3.16. The Morgan fingerprint density at radius 2 is 2.08 bits per heavy atom. The Morgan fingerprint density at radius 3 is 2.85 bits per heavy atom. The number of nitrogens with two attached hydrogens (primary N) is 1. The highest BCUT2D eigenvalue weighted by Gasteiger charge is 2.68. The number of furan rings is 1. The molecule has 1 aromatic heterocycles. The molecular weight excluding hydrogens is 325 g/mol. The molecule has 1 aromatic carbocycles. The number of hydrogen-bond donors (Lipinski definition) is 1. The Balaban J connectivity index is 1.36. The van der Waals surface area contributed by atoms with Gasteiger partial charge in [-0.2, -0.15) is 0 Å². The van der Waals surface area contributed by atoms with E-state index in [9.17, 15) is 0 Å². The molecule has 26 heavy (non-hydrogen) atoms. The van der Waals surface area contributed by atoms with E-state index in [1.807, 2.05) is 6.26 Å². The van der Waals surface area contributed by atoms with Gasteiger partial charge in [-0.25, -0.2) is 0 Å². The van der Waals surface area contributed by atoms with Gasteiger partial charge in [0.05, 0.1) is 18.0 Å². The van der Waals surface area contributed by atoms with Crippen LogP contribution in [0.1, 0.15) is 44.7 Å². The third-order valence-corrected chi connectivity index (χ3v) is 7.65. The summed E-state index contributed by atoms with van der Waals surface area (Å²) in [6, 6.07) is 6.23. The van der Waals surface area contributed by atoms with Crippen LogP contribution in [0.2, 0.25) is 0 Å². The maximum Gasteiger partial charge on any atom is 0.475 e. The predicted molar refractivity (Wildman–Crippen MR) is 103 cm³/mol. The maximum absolute atomic E-state index is 6.55. The first-order valence-corrected chi connectivity index (χ1v) is 9.85. The summed E-state index contributed by atoms with van der Waals surface area (Å²) >= 11 is 0. The van der Waals surface area contributed by atoms with Crippen LogP contribution in [0.15, 0.2) is 28.9 Å². The SMILES string of the molecule is Cc1cccc2c(C[C@H](N)B3O[C@@H]4C[C@@H]5C[C@@H](C5(C)C)[C@]4(C)O3)coc12. The van der Waals surface area contributed by atoms with Crippen molar-refractivity contribution in [2.45, 2.75) is 64.6 Å². The number of aryl methyl sites for hydroxylation is 1. The van der Waals surface area contributed by atoms with Crippen LogP contribution in [0.3, 0.4) is 0 Å². The summed E-state index contributed by atoms with van der Waals surface area (Å²) in [5.41, 5.74) is 9.93. The van der Waals surface area contributed by atoms with Crippen molar-refractivity contribution < 1.29 is 13.7 Å². The zero-order valence-corrected chi connectivity index (χ0v) is 16.1. The predicted octanol–water partition coefficient (Wildman–Crippen LogP) is 3.88. The number of rotatable bonds is 3. The Bertz CT molecular complexity index is 862. The molecule has 5 heteroatoms. The molecule has 6 rings (SSSR count). The lowest BCUT2D eigenvalue weighted by molar-refractivity contribution is -0.199. The molecular formula is C21H28BNO3. The minimum atomic E-state index is -0.338. The average molecular weight is 353 g/mol. The van der Waals surface area contributed by atoms with Gasteiger partial charge in [-0.05, 0) is 61.5 Å². The lowest BCUT2D eigenvalue weighted by Gasteiger charge is -2.64. The van der Waals surface area contributed by atoms with E-state index in [1.165, 1.54) is 6.42 Å².